The monoisotopic (exact) mass is 580 g/mol. The number of benzene rings is 1. The van der Waals surface area contributed by atoms with Gasteiger partial charge in [0.1, 0.15) is 0 Å². The van der Waals surface area contributed by atoms with Gasteiger partial charge in [-0.15, -0.1) is 0 Å². The molecular weight excluding hydrogens is 528 g/mol. The molecule has 0 saturated heterocycles. The number of hydrogen-bond acceptors (Lipinski definition) is 3. The maximum Gasteiger partial charge on any atom is 0.338 e. The van der Waals surface area contributed by atoms with Crippen LogP contribution in [0.25, 0.3) is 0 Å². The molecule has 3 nitrogen and oxygen atoms in total. The molecule has 5 fully saturated rings. The SMILES string of the molecule is C=C(C)[C@@H]1CC[C@]2(COC(=O)c3cccc(Cl)c3)CC[C@]3(C)[C@H](CC[C@@H]4[C@@]5(C)CC[C@H](O)C(C)(C)[C@@H]5CC[C@]43C)[C@@H]12. The van der Waals surface area contributed by atoms with Crippen LogP contribution in [0.5, 0.6) is 0 Å². The van der Waals surface area contributed by atoms with E-state index in [1.54, 1.807) is 18.2 Å². The van der Waals surface area contributed by atoms with Gasteiger partial charge < -0.3 is 9.84 Å². The van der Waals surface area contributed by atoms with Crippen LogP contribution >= 0.6 is 11.6 Å². The summed E-state index contributed by atoms with van der Waals surface area (Å²) in [6, 6.07) is 7.13. The average Bonchev–Trinajstić information content (AvgIpc) is 3.30. The Labute approximate surface area is 253 Å². The minimum atomic E-state index is -0.253. The molecule has 1 N–H and O–H groups in total. The summed E-state index contributed by atoms with van der Waals surface area (Å²) in [6.45, 7) is 19.9. The standard InChI is InChI=1S/C37H53ClO3/c1-23(2)26-13-18-37(22-41-32(40)24-9-8-10-25(38)21-24)20-19-35(6)27(31(26)37)11-12-29-34(5)16-15-30(39)33(3,4)28(34)14-17-36(29,35)7/h8-10,21,26-31,39H,1,11-20,22H2,2-7H3/t26-,27+,28-,29+,30-,31+,34-,35+,36+,37+/m0/s1. The molecule has 0 aliphatic heterocycles. The number of rotatable bonds is 4. The van der Waals surface area contributed by atoms with Crippen molar-refractivity contribution < 1.29 is 14.6 Å². The summed E-state index contributed by atoms with van der Waals surface area (Å²) in [5.74, 6) is 2.66. The third kappa shape index (κ3) is 4.17. The van der Waals surface area contributed by atoms with Crippen molar-refractivity contribution in [3.8, 4) is 0 Å². The van der Waals surface area contributed by atoms with Gasteiger partial charge in [0, 0.05) is 10.4 Å². The first-order valence-corrected chi connectivity index (χ1v) is 16.8. The van der Waals surface area contributed by atoms with Crippen molar-refractivity contribution in [2.75, 3.05) is 6.61 Å². The molecule has 5 aliphatic carbocycles. The summed E-state index contributed by atoms with van der Waals surface area (Å²) in [4.78, 5) is 13.2. The Balaban J connectivity index is 1.31. The molecule has 226 valence electrons. The average molecular weight is 581 g/mol. The topological polar surface area (TPSA) is 46.5 Å². The number of carbonyl (C=O) groups excluding carboxylic acids is 1. The third-order valence-corrected chi connectivity index (χ3v) is 15.0. The predicted octanol–water partition coefficient (Wildman–Crippen LogP) is 9.52. The number of aliphatic hydroxyl groups excluding tert-OH is 1. The lowest BCUT2D eigenvalue weighted by atomic mass is 9.32. The molecule has 5 aliphatic rings. The number of esters is 1. The number of ether oxygens (including phenoxy) is 1. The number of carbonyl (C=O) groups is 1. The molecule has 0 bridgehead atoms. The second-order valence-electron chi connectivity index (χ2n) is 16.5. The second kappa shape index (κ2) is 9.85. The third-order valence-electron chi connectivity index (χ3n) is 14.8. The molecular formula is C37H53ClO3. The highest BCUT2D eigenvalue weighted by atomic mass is 35.5. The van der Waals surface area contributed by atoms with Gasteiger partial charge in [0.2, 0.25) is 0 Å². The van der Waals surface area contributed by atoms with Gasteiger partial charge in [-0.3, -0.25) is 0 Å². The number of halogens is 1. The van der Waals surface area contributed by atoms with Crippen molar-refractivity contribution in [3.05, 3.63) is 47.0 Å². The zero-order valence-electron chi connectivity index (χ0n) is 26.4. The smallest absolute Gasteiger partial charge is 0.338 e. The first kappa shape index (κ1) is 29.7. The lowest BCUT2D eigenvalue weighted by molar-refractivity contribution is -0.249. The van der Waals surface area contributed by atoms with Crippen LogP contribution in [0.1, 0.15) is 116 Å². The van der Waals surface area contributed by atoms with Crippen LogP contribution in [0.2, 0.25) is 5.02 Å². The van der Waals surface area contributed by atoms with Crippen LogP contribution in [0.15, 0.2) is 36.4 Å². The summed E-state index contributed by atoms with van der Waals surface area (Å²) >= 11 is 6.19. The molecule has 0 heterocycles. The fourth-order valence-electron chi connectivity index (χ4n) is 12.4. The van der Waals surface area contributed by atoms with E-state index in [4.69, 9.17) is 16.3 Å². The Kier molecular flexibility index (Phi) is 7.14. The Bertz CT molecular complexity index is 1220. The van der Waals surface area contributed by atoms with E-state index < -0.39 is 0 Å². The molecule has 0 amide bonds. The van der Waals surface area contributed by atoms with E-state index in [-0.39, 0.29) is 39.1 Å². The Morgan fingerprint density at radius 3 is 2.41 bits per heavy atom. The summed E-state index contributed by atoms with van der Waals surface area (Å²) in [7, 11) is 0. The van der Waals surface area contributed by atoms with E-state index in [1.807, 2.05) is 6.07 Å². The minimum absolute atomic E-state index is 0.0167. The van der Waals surface area contributed by atoms with Crippen molar-refractivity contribution in [2.45, 2.75) is 112 Å². The van der Waals surface area contributed by atoms with Crippen molar-refractivity contribution in [1.29, 1.82) is 0 Å². The van der Waals surface area contributed by atoms with E-state index in [0.29, 0.717) is 46.8 Å². The van der Waals surface area contributed by atoms with Gasteiger partial charge in [-0.25, -0.2) is 4.79 Å². The van der Waals surface area contributed by atoms with Crippen LogP contribution < -0.4 is 0 Å². The number of hydrogen-bond donors (Lipinski definition) is 1. The second-order valence-corrected chi connectivity index (χ2v) is 16.9. The summed E-state index contributed by atoms with van der Waals surface area (Å²) in [5.41, 5.74) is 2.69. The first-order chi connectivity index (χ1) is 19.2. The van der Waals surface area contributed by atoms with Gasteiger partial charge in [-0.05, 0) is 141 Å². The molecule has 5 saturated carbocycles. The van der Waals surface area contributed by atoms with Crippen LogP contribution in [0.4, 0.5) is 0 Å². The highest BCUT2D eigenvalue weighted by molar-refractivity contribution is 6.30. The van der Waals surface area contributed by atoms with Gasteiger partial charge in [-0.1, -0.05) is 64.4 Å². The van der Waals surface area contributed by atoms with Crippen LogP contribution in [-0.4, -0.2) is 23.8 Å². The van der Waals surface area contributed by atoms with Crippen molar-refractivity contribution in [2.24, 2.45) is 56.7 Å². The maximum absolute atomic E-state index is 13.2. The molecule has 41 heavy (non-hydrogen) atoms. The lowest BCUT2D eigenvalue weighted by Crippen LogP contribution is -2.66. The zero-order chi connectivity index (χ0) is 29.6. The number of allylic oxidation sites excluding steroid dienone is 1. The van der Waals surface area contributed by atoms with Crippen LogP contribution in [0, 0.1) is 56.7 Å². The molecule has 1 aromatic carbocycles. The Morgan fingerprint density at radius 1 is 0.951 bits per heavy atom. The van der Waals surface area contributed by atoms with Gasteiger partial charge in [0.25, 0.3) is 0 Å². The molecule has 0 unspecified atom stereocenters. The van der Waals surface area contributed by atoms with Gasteiger partial charge in [0.05, 0.1) is 18.3 Å². The largest absolute Gasteiger partial charge is 0.461 e. The highest BCUT2D eigenvalue weighted by Gasteiger charge is 2.71. The lowest BCUT2D eigenvalue weighted by Gasteiger charge is -2.73. The molecule has 0 aromatic heterocycles. The molecule has 1 aromatic rings. The van der Waals surface area contributed by atoms with Gasteiger partial charge in [0.15, 0.2) is 0 Å². The van der Waals surface area contributed by atoms with Gasteiger partial charge in [-0.2, -0.15) is 0 Å². The van der Waals surface area contributed by atoms with E-state index in [2.05, 4.69) is 48.1 Å². The normalized spacial score (nSPS) is 46.4. The van der Waals surface area contributed by atoms with E-state index in [9.17, 15) is 9.90 Å². The zero-order valence-corrected chi connectivity index (χ0v) is 27.2. The van der Waals surface area contributed by atoms with E-state index >= 15 is 0 Å². The van der Waals surface area contributed by atoms with Crippen molar-refractivity contribution in [1.82, 2.24) is 0 Å². The molecule has 10 atom stereocenters. The molecule has 6 rings (SSSR count). The predicted molar refractivity (Wildman–Crippen MR) is 167 cm³/mol. The maximum atomic E-state index is 13.2. The van der Waals surface area contributed by atoms with Crippen LogP contribution in [0.3, 0.4) is 0 Å². The summed E-state index contributed by atoms with van der Waals surface area (Å²) in [6.07, 6.45) is 11.6. The van der Waals surface area contributed by atoms with E-state index in [1.165, 1.54) is 37.7 Å². The fourth-order valence-corrected chi connectivity index (χ4v) is 12.6. The molecule has 0 spiro atoms. The van der Waals surface area contributed by atoms with E-state index in [0.717, 1.165) is 32.1 Å². The van der Waals surface area contributed by atoms with Crippen molar-refractivity contribution in [3.63, 3.8) is 0 Å². The van der Waals surface area contributed by atoms with Gasteiger partial charge >= 0.3 is 5.97 Å². The summed E-state index contributed by atoms with van der Waals surface area (Å²) in [5, 5.41) is 11.6. The minimum Gasteiger partial charge on any atom is -0.461 e. The molecule has 4 heteroatoms. The summed E-state index contributed by atoms with van der Waals surface area (Å²) < 4.78 is 6.17. The Morgan fingerprint density at radius 2 is 1.71 bits per heavy atom. The van der Waals surface area contributed by atoms with Crippen molar-refractivity contribution >= 4 is 17.6 Å². The quantitative estimate of drug-likeness (QED) is 0.285. The number of aliphatic hydroxyl groups is 1. The Hall–Kier alpha value is -1.32. The first-order valence-electron chi connectivity index (χ1n) is 16.5. The number of fused-ring (bicyclic) bond motifs is 7. The van der Waals surface area contributed by atoms with Crippen LogP contribution in [-0.2, 0) is 4.74 Å². The highest BCUT2D eigenvalue weighted by Crippen LogP contribution is 2.77. The fraction of sp³-hybridized carbons (Fsp3) is 0.757. The molecule has 0 radical (unpaired) electrons.